The molecule has 0 saturated carbocycles. The van der Waals surface area contributed by atoms with Crippen LogP contribution in [0.2, 0.25) is 5.02 Å². The number of benzene rings is 2. The van der Waals surface area contributed by atoms with Crippen molar-refractivity contribution in [1.82, 2.24) is 9.78 Å². The van der Waals surface area contributed by atoms with Crippen LogP contribution in [0.1, 0.15) is 34.7 Å². The quantitative estimate of drug-likeness (QED) is 0.526. The summed E-state index contributed by atoms with van der Waals surface area (Å²) in [4.78, 5) is 36.8. The number of halogens is 1. The molecule has 0 fully saturated rings. The summed E-state index contributed by atoms with van der Waals surface area (Å²) in [5.41, 5.74) is 3.36. The van der Waals surface area contributed by atoms with E-state index in [9.17, 15) is 14.4 Å². The number of rotatable bonds is 5. The molecule has 3 aromatic rings. The molecule has 33 heavy (non-hydrogen) atoms. The Labute approximate surface area is 195 Å². The van der Waals surface area contributed by atoms with Crippen molar-refractivity contribution < 1.29 is 19.1 Å². The summed E-state index contributed by atoms with van der Waals surface area (Å²) < 4.78 is 6.95. The Morgan fingerprint density at radius 3 is 2.64 bits per heavy atom. The van der Waals surface area contributed by atoms with Gasteiger partial charge in [-0.2, -0.15) is 5.10 Å². The van der Waals surface area contributed by atoms with Crippen LogP contribution in [0.15, 0.2) is 42.5 Å². The number of nitrogens with one attached hydrogen (secondary N) is 3. The lowest BCUT2D eigenvalue weighted by molar-refractivity contribution is -0.119. The highest BCUT2D eigenvalue weighted by molar-refractivity contribution is 6.34. The van der Waals surface area contributed by atoms with E-state index >= 15 is 0 Å². The van der Waals surface area contributed by atoms with Gasteiger partial charge in [-0.1, -0.05) is 11.6 Å². The van der Waals surface area contributed by atoms with Gasteiger partial charge >= 0.3 is 0 Å². The topological polar surface area (TPSA) is 114 Å². The molecule has 1 aromatic heterocycles. The van der Waals surface area contributed by atoms with Crippen molar-refractivity contribution in [3.63, 3.8) is 0 Å². The fourth-order valence-corrected chi connectivity index (χ4v) is 3.74. The van der Waals surface area contributed by atoms with Crippen LogP contribution >= 0.6 is 11.6 Å². The highest BCUT2D eigenvalue weighted by Crippen LogP contribution is 2.30. The minimum absolute atomic E-state index is 0.0557. The van der Waals surface area contributed by atoms with E-state index in [4.69, 9.17) is 16.3 Å². The van der Waals surface area contributed by atoms with E-state index in [1.54, 1.807) is 41.9 Å². The Morgan fingerprint density at radius 1 is 1.15 bits per heavy atom. The highest BCUT2D eigenvalue weighted by atomic mass is 35.5. The molecule has 9 nitrogen and oxygen atoms in total. The summed E-state index contributed by atoms with van der Waals surface area (Å²) in [6.45, 7) is 5.45. The van der Waals surface area contributed by atoms with Gasteiger partial charge in [0.15, 0.2) is 6.61 Å². The maximum atomic E-state index is 12.7. The second kappa shape index (κ2) is 8.95. The summed E-state index contributed by atoms with van der Waals surface area (Å²) in [5.74, 6) is -0.428. The predicted octanol–water partition coefficient (Wildman–Crippen LogP) is 3.94. The number of hydrogen-bond donors (Lipinski definition) is 3. The molecule has 0 aliphatic carbocycles. The fourth-order valence-electron chi connectivity index (χ4n) is 3.51. The van der Waals surface area contributed by atoms with Gasteiger partial charge in [0.1, 0.15) is 11.8 Å². The molecular weight excluding hydrogens is 446 g/mol. The second-order valence-corrected chi connectivity index (χ2v) is 8.14. The van der Waals surface area contributed by atoms with Gasteiger partial charge in [0.25, 0.3) is 11.8 Å². The standard InChI is InChI=1S/C23H22ClN5O4/c1-12-8-13(2)29(28-12)14(3)22(31)27-18-6-5-16(10-17(18)24)25-23(32)15-4-7-20-19(9-15)26-21(30)11-33-20/h4-10,14H,11H2,1-3H3,(H,25,32)(H,26,30)(H,27,31). The number of ether oxygens (including phenoxy) is 1. The average molecular weight is 468 g/mol. The highest BCUT2D eigenvalue weighted by Gasteiger charge is 2.20. The van der Waals surface area contributed by atoms with Crippen molar-refractivity contribution >= 4 is 46.4 Å². The van der Waals surface area contributed by atoms with Gasteiger partial charge in [-0.25, -0.2) is 0 Å². The molecule has 4 rings (SSSR count). The van der Waals surface area contributed by atoms with Crippen LogP contribution in [-0.2, 0) is 9.59 Å². The summed E-state index contributed by atoms with van der Waals surface area (Å²) in [6.07, 6.45) is 0. The largest absolute Gasteiger partial charge is 0.482 e. The van der Waals surface area contributed by atoms with Crippen LogP contribution < -0.4 is 20.7 Å². The maximum absolute atomic E-state index is 12.7. The Kier molecular flexibility index (Phi) is 6.06. The molecule has 2 aromatic carbocycles. The molecule has 0 radical (unpaired) electrons. The van der Waals surface area contributed by atoms with Crippen LogP contribution in [0.4, 0.5) is 17.1 Å². The van der Waals surface area contributed by atoms with E-state index in [-0.39, 0.29) is 29.4 Å². The van der Waals surface area contributed by atoms with E-state index in [2.05, 4.69) is 21.0 Å². The predicted molar refractivity (Wildman–Crippen MR) is 125 cm³/mol. The summed E-state index contributed by atoms with van der Waals surface area (Å²) in [6, 6.07) is 10.9. The first-order valence-electron chi connectivity index (χ1n) is 10.2. The minimum Gasteiger partial charge on any atom is -0.482 e. The molecule has 1 aliphatic rings. The van der Waals surface area contributed by atoms with E-state index in [0.29, 0.717) is 28.4 Å². The Hall–Kier alpha value is -3.85. The minimum atomic E-state index is -0.525. The van der Waals surface area contributed by atoms with Gasteiger partial charge in [0.05, 0.1) is 22.1 Å². The molecule has 3 N–H and O–H groups in total. The fraction of sp³-hybridized carbons (Fsp3) is 0.217. The molecule has 1 unspecified atom stereocenters. The zero-order chi connectivity index (χ0) is 23.7. The number of carbonyl (C=O) groups is 3. The third-order valence-electron chi connectivity index (χ3n) is 5.15. The van der Waals surface area contributed by atoms with Crippen molar-refractivity contribution in [3.8, 4) is 5.75 Å². The van der Waals surface area contributed by atoms with Crippen molar-refractivity contribution in [1.29, 1.82) is 0 Å². The number of nitrogens with zero attached hydrogens (tertiary/aromatic N) is 2. The monoisotopic (exact) mass is 467 g/mol. The molecule has 10 heteroatoms. The number of fused-ring (bicyclic) bond motifs is 1. The zero-order valence-corrected chi connectivity index (χ0v) is 19.0. The first-order valence-corrected chi connectivity index (χ1v) is 10.6. The Morgan fingerprint density at radius 2 is 1.94 bits per heavy atom. The number of aromatic nitrogens is 2. The van der Waals surface area contributed by atoms with Crippen LogP contribution in [0, 0.1) is 13.8 Å². The van der Waals surface area contributed by atoms with Crippen molar-refractivity contribution in [3.05, 3.63) is 64.4 Å². The van der Waals surface area contributed by atoms with Crippen molar-refractivity contribution in [2.45, 2.75) is 26.8 Å². The average Bonchev–Trinajstić information content (AvgIpc) is 3.12. The van der Waals surface area contributed by atoms with Gasteiger partial charge in [-0.15, -0.1) is 0 Å². The van der Waals surface area contributed by atoms with E-state index in [0.717, 1.165) is 11.4 Å². The smallest absolute Gasteiger partial charge is 0.262 e. The zero-order valence-electron chi connectivity index (χ0n) is 18.2. The molecular formula is C23H22ClN5O4. The third-order valence-corrected chi connectivity index (χ3v) is 5.46. The lowest BCUT2D eigenvalue weighted by atomic mass is 10.1. The molecule has 0 saturated heterocycles. The van der Waals surface area contributed by atoms with Crippen LogP contribution in [0.3, 0.4) is 0 Å². The Balaban J connectivity index is 1.44. The van der Waals surface area contributed by atoms with Gasteiger partial charge in [0.2, 0.25) is 5.91 Å². The molecule has 1 atom stereocenters. The first kappa shape index (κ1) is 22.3. The van der Waals surface area contributed by atoms with Gasteiger partial charge in [0, 0.05) is 16.9 Å². The molecule has 0 bridgehead atoms. The van der Waals surface area contributed by atoms with Crippen molar-refractivity contribution in [2.75, 3.05) is 22.6 Å². The molecule has 3 amide bonds. The SMILES string of the molecule is Cc1cc(C)n(C(C)C(=O)Nc2ccc(NC(=O)c3ccc4c(c3)NC(=O)CO4)cc2Cl)n1. The van der Waals surface area contributed by atoms with Crippen LogP contribution in [0.5, 0.6) is 5.75 Å². The number of carbonyl (C=O) groups excluding carboxylic acids is 3. The molecule has 1 aliphatic heterocycles. The normalized spacial score (nSPS) is 13.4. The number of hydrogen-bond acceptors (Lipinski definition) is 5. The number of aryl methyl sites for hydroxylation is 2. The maximum Gasteiger partial charge on any atom is 0.262 e. The Bertz CT molecular complexity index is 1270. The first-order chi connectivity index (χ1) is 15.7. The second-order valence-electron chi connectivity index (χ2n) is 7.73. The van der Waals surface area contributed by atoms with Crippen LogP contribution in [0.25, 0.3) is 0 Å². The van der Waals surface area contributed by atoms with Gasteiger partial charge in [-0.3, -0.25) is 19.1 Å². The molecule has 2 heterocycles. The van der Waals surface area contributed by atoms with Crippen molar-refractivity contribution in [2.24, 2.45) is 0 Å². The van der Waals surface area contributed by atoms with E-state index in [1.807, 2.05) is 19.9 Å². The lowest BCUT2D eigenvalue weighted by Gasteiger charge is -2.18. The third kappa shape index (κ3) is 4.83. The van der Waals surface area contributed by atoms with E-state index < -0.39 is 6.04 Å². The summed E-state index contributed by atoms with van der Waals surface area (Å²) >= 11 is 6.35. The molecule has 0 spiro atoms. The summed E-state index contributed by atoms with van der Waals surface area (Å²) in [5, 5.41) is 12.8. The number of anilines is 3. The van der Waals surface area contributed by atoms with Gasteiger partial charge < -0.3 is 20.7 Å². The van der Waals surface area contributed by atoms with Crippen LogP contribution in [-0.4, -0.2) is 34.1 Å². The lowest BCUT2D eigenvalue weighted by Crippen LogP contribution is -2.25. The molecule has 170 valence electrons. The van der Waals surface area contributed by atoms with E-state index in [1.165, 1.54) is 6.07 Å². The van der Waals surface area contributed by atoms with Gasteiger partial charge in [-0.05, 0) is 63.2 Å². The summed E-state index contributed by atoms with van der Waals surface area (Å²) in [7, 11) is 0. The number of amides is 3.